The Labute approximate surface area is 233 Å². The molecule has 1 aliphatic rings. The maximum Gasteiger partial charge on any atom is 0.322 e. The molecule has 0 saturated carbocycles. The molecule has 0 aliphatic carbocycles. The fourth-order valence-corrected chi connectivity index (χ4v) is 5.01. The summed E-state index contributed by atoms with van der Waals surface area (Å²) < 4.78 is 26.2. The number of carbonyl (C=O) groups excluding carboxylic acids is 1. The summed E-state index contributed by atoms with van der Waals surface area (Å²) in [5, 5.41) is 6.78. The number of imidazole rings is 1. The van der Waals surface area contributed by atoms with E-state index in [-0.39, 0.29) is 17.9 Å². The number of urea groups is 1. The molecule has 0 unspecified atom stereocenters. The third kappa shape index (κ3) is 5.15. The predicted molar refractivity (Wildman–Crippen MR) is 149 cm³/mol. The van der Waals surface area contributed by atoms with E-state index in [1.807, 2.05) is 0 Å². The van der Waals surface area contributed by atoms with Crippen molar-refractivity contribution in [2.75, 3.05) is 30.8 Å². The molecule has 1 aliphatic heterocycles. The number of hydrogen-bond acceptors (Lipinski definition) is 7. The van der Waals surface area contributed by atoms with Gasteiger partial charge >= 0.3 is 11.9 Å². The molecule has 1 fully saturated rings. The van der Waals surface area contributed by atoms with Crippen molar-refractivity contribution in [1.82, 2.24) is 24.3 Å². The number of benzene rings is 2. The molecule has 12 heteroatoms. The molecule has 4 heterocycles. The van der Waals surface area contributed by atoms with E-state index in [0.717, 1.165) is 18.4 Å². The molecule has 2 amide bonds. The molecule has 0 radical (unpaired) electrons. The smallest absolute Gasteiger partial charge is 0.322 e. The largest absolute Gasteiger partial charge is 0.495 e. The Balaban J connectivity index is 1.21. The predicted octanol–water partition coefficient (Wildman–Crippen LogP) is 5.96. The van der Waals surface area contributed by atoms with Gasteiger partial charge in [0.2, 0.25) is 5.95 Å². The lowest BCUT2D eigenvalue weighted by Gasteiger charge is -2.33. The summed E-state index contributed by atoms with van der Waals surface area (Å²) in [5.41, 5.74) is 3.16. The van der Waals surface area contributed by atoms with Crippen LogP contribution in [0.1, 0.15) is 12.8 Å². The molecule has 0 bridgehead atoms. The van der Waals surface area contributed by atoms with Crippen LogP contribution in [-0.2, 0) is 0 Å². The second-order valence-corrected chi connectivity index (χ2v) is 9.78. The van der Waals surface area contributed by atoms with E-state index in [9.17, 15) is 9.18 Å². The highest BCUT2D eigenvalue weighted by molar-refractivity contribution is 6.31. The number of rotatable bonds is 6. The summed E-state index contributed by atoms with van der Waals surface area (Å²) >= 11 is 6.11. The average Bonchev–Trinajstić information content (AvgIpc) is 3.56. The van der Waals surface area contributed by atoms with Crippen LogP contribution in [-0.4, -0.2) is 56.5 Å². The maximum atomic E-state index is 13.6. The van der Waals surface area contributed by atoms with Crippen molar-refractivity contribution < 1.29 is 18.3 Å². The first-order valence-corrected chi connectivity index (χ1v) is 13.1. The number of aromatic nitrogens is 4. The number of nitrogens with zero attached hydrogens (tertiary/aromatic N) is 5. The van der Waals surface area contributed by atoms with Gasteiger partial charge in [-0.25, -0.2) is 19.2 Å². The average molecular weight is 562 g/mol. The van der Waals surface area contributed by atoms with Gasteiger partial charge in [-0.3, -0.25) is 4.40 Å². The zero-order valence-electron chi connectivity index (χ0n) is 21.5. The van der Waals surface area contributed by atoms with Gasteiger partial charge in [0, 0.05) is 42.1 Å². The van der Waals surface area contributed by atoms with E-state index in [1.165, 1.54) is 19.2 Å². The number of methoxy groups -OCH3 is 1. The molecule has 1 saturated heterocycles. The second-order valence-electron chi connectivity index (χ2n) is 9.34. The number of hydrogen-bond donors (Lipinski definition) is 2. The SMILES string of the molecule is COc1ccc(Cl)cc1NC(=O)N1CCC[C@@H](Nc2nccc(-c3c(-c4ccc(F)cc4)nc4occn34)n2)C1. The van der Waals surface area contributed by atoms with Gasteiger partial charge in [-0.05, 0) is 61.4 Å². The number of ether oxygens (including phenoxy) is 1. The van der Waals surface area contributed by atoms with E-state index < -0.39 is 0 Å². The summed E-state index contributed by atoms with van der Waals surface area (Å²) in [6.07, 6.45) is 6.62. The summed E-state index contributed by atoms with van der Waals surface area (Å²) in [6, 6.07) is 12.7. The summed E-state index contributed by atoms with van der Waals surface area (Å²) in [4.78, 5) is 28.6. The highest BCUT2D eigenvalue weighted by Crippen LogP contribution is 2.33. The molecule has 5 aromatic rings. The second kappa shape index (κ2) is 10.9. The van der Waals surface area contributed by atoms with Gasteiger partial charge in [0.1, 0.15) is 29.2 Å². The van der Waals surface area contributed by atoms with E-state index in [1.54, 1.807) is 64.4 Å². The third-order valence-electron chi connectivity index (χ3n) is 6.72. The summed E-state index contributed by atoms with van der Waals surface area (Å²) in [5.74, 6) is 1.02. The Morgan fingerprint density at radius 1 is 1.18 bits per heavy atom. The molecule has 6 rings (SSSR count). The van der Waals surface area contributed by atoms with Crippen LogP contribution in [0.15, 0.2) is 71.6 Å². The minimum absolute atomic E-state index is 0.0630. The quantitative estimate of drug-likeness (QED) is 0.263. The third-order valence-corrected chi connectivity index (χ3v) is 6.96. The first-order valence-electron chi connectivity index (χ1n) is 12.7. The van der Waals surface area contributed by atoms with Crippen molar-refractivity contribution in [1.29, 1.82) is 0 Å². The molecular weight excluding hydrogens is 537 g/mol. The van der Waals surface area contributed by atoms with Crippen molar-refractivity contribution in [3.05, 3.63) is 78.0 Å². The van der Waals surface area contributed by atoms with Gasteiger partial charge in [0.05, 0.1) is 18.5 Å². The molecule has 40 heavy (non-hydrogen) atoms. The number of anilines is 2. The topological polar surface area (TPSA) is 110 Å². The molecule has 2 aromatic carbocycles. The lowest BCUT2D eigenvalue weighted by molar-refractivity contribution is 0.195. The van der Waals surface area contributed by atoms with Crippen LogP contribution < -0.4 is 15.4 Å². The van der Waals surface area contributed by atoms with Crippen molar-refractivity contribution in [3.63, 3.8) is 0 Å². The standard InChI is InChI=1S/C28H25ClFN7O3/c1-39-23-9-6-18(29)15-22(23)34-27(38)36-12-2-3-20(16-36)32-26-31-11-10-21(33-26)25-24(17-4-7-19(30)8-5-17)35-28-37(25)13-14-40-28/h4-11,13-15,20H,2-3,12,16H2,1H3,(H,34,38)(H,31,32,33)/t20-/m1/s1. The Bertz CT molecular complexity index is 1670. The molecule has 3 aromatic heterocycles. The minimum Gasteiger partial charge on any atom is -0.495 e. The fourth-order valence-electron chi connectivity index (χ4n) is 4.83. The van der Waals surface area contributed by atoms with Crippen LogP contribution in [0, 0.1) is 5.82 Å². The fraction of sp³-hybridized carbons (Fsp3) is 0.214. The minimum atomic E-state index is -0.330. The zero-order chi connectivity index (χ0) is 27.6. The van der Waals surface area contributed by atoms with Crippen molar-refractivity contribution in [2.45, 2.75) is 18.9 Å². The van der Waals surface area contributed by atoms with Gasteiger partial charge in [-0.15, -0.1) is 0 Å². The van der Waals surface area contributed by atoms with Crippen LogP contribution in [0.4, 0.5) is 20.8 Å². The lowest BCUT2D eigenvalue weighted by atomic mass is 10.1. The van der Waals surface area contributed by atoms with Gasteiger partial charge < -0.3 is 24.7 Å². The number of oxazole rings is 1. The molecular formula is C28H25ClFN7O3. The van der Waals surface area contributed by atoms with Crippen LogP contribution in [0.3, 0.4) is 0 Å². The van der Waals surface area contributed by atoms with E-state index in [2.05, 4.69) is 20.6 Å². The lowest BCUT2D eigenvalue weighted by Crippen LogP contribution is -2.47. The number of amides is 2. The first kappa shape index (κ1) is 25.6. The number of halogens is 2. The van der Waals surface area contributed by atoms with Crippen LogP contribution in [0.25, 0.3) is 28.5 Å². The van der Waals surface area contributed by atoms with Crippen LogP contribution >= 0.6 is 11.6 Å². The summed E-state index contributed by atoms with van der Waals surface area (Å²) in [6.45, 7) is 1.07. The number of fused-ring (bicyclic) bond motifs is 1. The van der Waals surface area contributed by atoms with Crippen molar-refractivity contribution in [2.24, 2.45) is 0 Å². The Morgan fingerprint density at radius 2 is 2.02 bits per heavy atom. The zero-order valence-corrected chi connectivity index (χ0v) is 22.2. The van der Waals surface area contributed by atoms with Gasteiger partial charge in [-0.2, -0.15) is 4.98 Å². The normalized spacial score (nSPS) is 15.3. The maximum absolute atomic E-state index is 13.6. The Morgan fingerprint density at radius 3 is 2.85 bits per heavy atom. The molecule has 1 atom stereocenters. The van der Waals surface area contributed by atoms with E-state index in [0.29, 0.717) is 58.4 Å². The highest BCUT2D eigenvalue weighted by Gasteiger charge is 2.26. The first-order chi connectivity index (χ1) is 19.5. The van der Waals surface area contributed by atoms with E-state index in [4.69, 9.17) is 25.7 Å². The highest BCUT2D eigenvalue weighted by atomic mass is 35.5. The van der Waals surface area contributed by atoms with Crippen molar-refractivity contribution >= 4 is 35.1 Å². The molecule has 204 valence electrons. The van der Waals surface area contributed by atoms with Gasteiger partial charge in [0.25, 0.3) is 0 Å². The number of likely N-dealkylation sites (tertiary alicyclic amines) is 1. The Hall–Kier alpha value is -4.64. The molecule has 0 spiro atoms. The van der Waals surface area contributed by atoms with E-state index >= 15 is 0 Å². The Kier molecular flexibility index (Phi) is 6.95. The van der Waals surface area contributed by atoms with Crippen molar-refractivity contribution in [3.8, 4) is 28.4 Å². The summed E-state index contributed by atoms with van der Waals surface area (Å²) in [7, 11) is 1.54. The monoisotopic (exact) mass is 561 g/mol. The number of carbonyl (C=O) groups is 1. The molecule has 2 N–H and O–H groups in total. The number of piperidine rings is 1. The van der Waals surface area contributed by atoms with Gasteiger partial charge in [-0.1, -0.05) is 11.6 Å². The number of nitrogens with one attached hydrogen (secondary N) is 2. The molecule has 10 nitrogen and oxygen atoms in total. The van der Waals surface area contributed by atoms with Gasteiger partial charge in [0.15, 0.2) is 0 Å². The van der Waals surface area contributed by atoms with Crippen LogP contribution in [0.2, 0.25) is 5.02 Å². The van der Waals surface area contributed by atoms with Crippen LogP contribution in [0.5, 0.6) is 5.75 Å².